The number of aromatic nitrogens is 3. The molecule has 0 bridgehead atoms. The van der Waals surface area contributed by atoms with E-state index < -0.39 is 23.1 Å². The molecule has 8 aromatic rings. The molecule has 0 aliphatic heterocycles. The first-order valence-corrected chi connectivity index (χ1v) is 22.5. The van der Waals surface area contributed by atoms with Crippen LogP contribution in [0.2, 0.25) is 0 Å². The second-order valence-electron chi connectivity index (χ2n) is 14.9. The fraction of sp³-hybridized carbons (Fsp3) is 0.102. The molecule has 2 heterocycles. The maximum atomic E-state index is 9.75. The summed E-state index contributed by atoms with van der Waals surface area (Å²) in [4.78, 5) is 4.46. The van der Waals surface area contributed by atoms with E-state index in [1.54, 1.807) is 0 Å². The van der Waals surface area contributed by atoms with Crippen molar-refractivity contribution in [2.75, 3.05) is 0 Å². The van der Waals surface area contributed by atoms with Crippen LogP contribution in [0.4, 0.5) is 17.3 Å². The number of halogens is 4. The van der Waals surface area contributed by atoms with Gasteiger partial charge >= 0.3 is 24.3 Å². The van der Waals surface area contributed by atoms with Crippen molar-refractivity contribution >= 4 is 54.9 Å². The minimum absolute atomic E-state index is 0. The molecule has 0 aliphatic rings. The molecule has 1 N–H and O–H groups in total. The van der Waals surface area contributed by atoms with Gasteiger partial charge < -0.3 is 22.0 Å². The molecular weight excluding hydrogens is 859 g/mol. The van der Waals surface area contributed by atoms with Gasteiger partial charge in [0.25, 0.3) is 0 Å². The van der Waals surface area contributed by atoms with E-state index >= 15 is 0 Å². The second kappa shape index (κ2) is 21.9. The Morgan fingerprint density at radius 3 is 1.20 bits per heavy atom. The molecule has 0 radical (unpaired) electrons. The number of hydrogen-bond acceptors (Lipinski definition) is 3. The van der Waals surface area contributed by atoms with Crippen LogP contribution < -0.4 is 36.6 Å². The van der Waals surface area contributed by atoms with E-state index in [2.05, 4.69) is 212 Å². The first kappa shape index (κ1) is 46.7. The standard InChI is InChI=1S/C36H28OP2.C13H17N3.BF4.Cu/c1-5-17-29(18-6-1)38(30-19-7-2-8-20-30)35-27-15-13-25-33(35)37-34-26-14-16-28-36(34)39(31-21-9-3-10-22-31)32-23-11-4-12-24-32;1-9-6-5-7-10(14-9)11-8-12(16-15-11)13(2,3)4;2-1(3,4)5;/h1-28H;5-8H,1-4H3,(H,15,16);;/q;;-1;+1/p+2. The van der Waals surface area contributed by atoms with E-state index in [-0.39, 0.29) is 22.5 Å². The van der Waals surface area contributed by atoms with Crippen molar-refractivity contribution in [1.82, 2.24) is 15.2 Å². The molecule has 61 heavy (non-hydrogen) atoms. The van der Waals surface area contributed by atoms with E-state index in [0.29, 0.717) is 0 Å². The van der Waals surface area contributed by atoms with Crippen LogP contribution in [0.3, 0.4) is 0 Å². The summed E-state index contributed by atoms with van der Waals surface area (Å²) in [5, 5.41) is 15.3. The van der Waals surface area contributed by atoms with Gasteiger partial charge in [0.2, 0.25) is 0 Å². The van der Waals surface area contributed by atoms with Crippen LogP contribution in [-0.2, 0) is 22.5 Å². The van der Waals surface area contributed by atoms with Gasteiger partial charge in [0.15, 0.2) is 11.5 Å². The normalized spacial score (nSPS) is 11.1. The van der Waals surface area contributed by atoms with Gasteiger partial charge in [-0.3, -0.25) is 10.1 Å². The topological polar surface area (TPSA) is 50.8 Å². The molecule has 0 atom stereocenters. The zero-order valence-electron chi connectivity index (χ0n) is 34.2. The molecule has 6 aromatic carbocycles. The Balaban J connectivity index is 0.000000265. The van der Waals surface area contributed by atoms with E-state index in [1.165, 1.54) is 31.8 Å². The molecule has 314 valence electrons. The van der Waals surface area contributed by atoms with Crippen molar-refractivity contribution in [2.45, 2.75) is 33.1 Å². The molecular formula is C49H47BCuF4N3OP2+2. The Bertz CT molecular complexity index is 2330. The van der Waals surface area contributed by atoms with Crippen LogP contribution in [0, 0.1) is 6.92 Å². The Kier molecular flexibility index (Phi) is 16.8. The summed E-state index contributed by atoms with van der Waals surface area (Å²) in [5.41, 5.74) is 4.07. The van der Waals surface area contributed by atoms with Gasteiger partial charge in [0, 0.05) is 16.8 Å². The van der Waals surface area contributed by atoms with Gasteiger partial charge in [-0.05, 0) is 97.9 Å². The summed E-state index contributed by atoms with van der Waals surface area (Å²) < 4.78 is 45.9. The van der Waals surface area contributed by atoms with Crippen LogP contribution in [0.25, 0.3) is 11.4 Å². The minimum Gasteiger partial charge on any atom is -0.449 e. The van der Waals surface area contributed by atoms with E-state index in [9.17, 15) is 17.3 Å². The van der Waals surface area contributed by atoms with E-state index in [1.807, 2.05) is 25.1 Å². The molecule has 0 spiro atoms. The van der Waals surface area contributed by atoms with Gasteiger partial charge in [0.05, 0.1) is 5.69 Å². The van der Waals surface area contributed by atoms with Gasteiger partial charge in [-0.1, -0.05) is 124 Å². The van der Waals surface area contributed by atoms with Crippen molar-refractivity contribution < 1.29 is 39.1 Å². The predicted octanol–water partition coefficient (Wildman–Crippen LogP) is 10.8. The Hall–Kier alpha value is -5.36. The zero-order chi connectivity index (χ0) is 42.5. The number of nitrogens with one attached hydrogen (secondary N) is 1. The Morgan fingerprint density at radius 2 is 0.852 bits per heavy atom. The zero-order valence-corrected chi connectivity index (χ0v) is 37.1. The van der Waals surface area contributed by atoms with Crippen molar-refractivity contribution in [2.24, 2.45) is 0 Å². The van der Waals surface area contributed by atoms with Crippen LogP contribution in [0.15, 0.2) is 194 Å². The van der Waals surface area contributed by atoms with E-state index in [0.717, 1.165) is 34.3 Å². The molecule has 12 heteroatoms. The van der Waals surface area contributed by atoms with Gasteiger partial charge in [-0.25, -0.2) is 0 Å². The SMILES string of the molecule is Cc1cccc(-c2cc(C(C)(C)C)[nH]n2)n1.F[B-](F)(F)F.[Cu+].c1ccc([PH+](c2ccccc2)c2ccccc2Oc2ccccc2[PH+](c2ccccc2)c2ccccc2)cc1. The number of para-hydroxylation sites is 2. The molecule has 0 saturated carbocycles. The summed E-state index contributed by atoms with van der Waals surface area (Å²) in [7, 11) is -8.56. The molecule has 0 saturated heterocycles. The predicted molar refractivity (Wildman–Crippen MR) is 249 cm³/mol. The fourth-order valence-electron chi connectivity index (χ4n) is 6.54. The molecule has 0 amide bonds. The summed E-state index contributed by atoms with van der Waals surface area (Å²) in [6.45, 7) is 8.47. The Labute approximate surface area is 369 Å². The third kappa shape index (κ3) is 13.6. The maximum Gasteiger partial charge on any atom is 1.00 e. The van der Waals surface area contributed by atoms with Crippen molar-refractivity contribution in [3.63, 3.8) is 0 Å². The van der Waals surface area contributed by atoms with Crippen molar-refractivity contribution in [3.05, 3.63) is 206 Å². The third-order valence-electron chi connectivity index (χ3n) is 9.32. The number of pyridine rings is 1. The molecule has 0 fully saturated rings. The number of benzene rings is 6. The minimum atomic E-state index is -6.00. The van der Waals surface area contributed by atoms with Gasteiger partial charge in [0.1, 0.15) is 53.4 Å². The number of H-pyrrole nitrogens is 1. The first-order chi connectivity index (χ1) is 28.8. The van der Waals surface area contributed by atoms with Crippen LogP contribution in [0.1, 0.15) is 32.2 Å². The smallest absolute Gasteiger partial charge is 0.449 e. The van der Waals surface area contributed by atoms with E-state index in [4.69, 9.17) is 4.74 Å². The largest absolute Gasteiger partial charge is 1.00 e. The first-order valence-electron chi connectivity index (χ1n) is 19.5. The summed E-state index contributed by atoms with van der Waals surface area (Å²) in [6.07, 6.45) is 0. The second-order valence-corrected chi connectivity index (χ2v) is 19.8. The number of ether oxygens (including phenoxy) is 1. The van der Waals surface area contributed by atoms with Gasteiger partial charge in [-0.15, -0.1) is 0 Å². The van der Waals surface area contributed by atoms with Crippen LogP contribution >= 0.6 is 15.8 Å². The van der Waals surface area contributed by atoms with Gasteiger partial charge in [-0.2, -0.15) is 5.10 Å². The molecule has 4 nitrogen and oxygen atoms in total. The quantitative estimate of drug-likeness (QED) is 0.0892. The number of aromatic amines is 1. The fourth-order valence-corrected chi connectivity index (χ4v) is 11.8. The van der Waals surface area contributed by atoms with Crippen molar-refractivity contribution in [3.8, 4) is 22.9 Å². The summed E-state index contributed by atoms with van der Waals surface area (Å²) in [5.74, 6) is 1.85. The van der Waals surface area contributed by atoms with Crippen LogP contribution in [0.5, 0.6) is 11.5 Å². The van der Waals surface area contributed by atoms with Crippen LogP contribution in [-0.4, -0.2) is 22.4 Å². The third-order valence-corrected chi connectivity index (χ3v) is 14.9. The number of hydrogen-bond donors (Lipinski definition) is 1. The summed E-state index contributed by atoms with van der Waals surface area (Å²) in [6, 6.07) is 68.6. The molecule has 0 aliphatic carbocycles. The number of aryl methyl sites for hydroxylation is 1. The molecule has 8 rings (SSSR count). The van der Waals surface area contributed by atoms with Crippen molar-refractivity contribution in [1.29, 1.82) is 0 Å². The molecule has 2 aromatic heterocycles. The number of rotatable bonds is 9. The monoisotopic (exact) mass is 905 g/mol. The average Bonchev–Trinajstić information content (AvgIpc) is 3.76. The Morgan fingerprint density at radius 1 is 0.492 bits per heavy atom. The average molecular weight is 906 g/mol. The molecule has 0 unspecified atom stereocenters. The summed E-state index contributed by atoms with van der Waals surface area (Å²) >= 11 is 0. The number of nitrogens with zero attached hydrogens (tertiary/aromatic N) is 2. The maximum absolute atomic E-state index is 9.75.